The second kappa shape index (κ2) is 3.81. The molecule has 0 fully saturated rings. The van der Waals surface area contributed by atoms with Crippen LogP contribution in [-0.4, -0.2) is 20.2 Å². The van der Waals surface area contributed by atoms with Gasteiger partial charge in [-0.15, -0.1) is 0 Å². The first-order valence-corrected chi connectivity index (χ1v) is 6.35. The van der Waals surface area contributed by atoms with E-state index in [9.17, 15) is 10.2 Å². The number of fused-ring (bicyclic) bond motifs is 2. The van der Waals surface area contributed by atoms with Crippen LogP contribution in [0.5, 0.6) is 11.8 Å². The average molecular weight is 264 g/mol. The van der Waals surface area contributed by atoms with Crippen LogP contribution in [0.1, 0.15) is 0 Å². The van der Waals surface area contributed by atoms with Crippen LogP contribution in [0.15, 0.2) is 48.5 Å². The summed E-state index contributed by atoms with van der Waals surface area (Å²) in [7, 11) is 0. The fourth-order valence-corrected chi connectivity index (χ4v) is 2.76. The Morgan fingerprint density at radius 3 is 1.45 bits per heavy atom. The number of aromatic nitrogens is 2. The fourth-order valence-electron chi connectivity index (χ4n) is 2.76. The predicted octanol–water partition coefficient (Wildman–Crippen LogP) is 3.73. The number of hydrogen-bond donors (Lipinski definition) is 4. The lowest BCUT2D eigenvalue weighted by Gasteiger charge is -2.00. The lowest BCUT2D eigenvalue weighted by molar-refractivity contribution is 0.452. The van der Waals surface area contributed by atoms with Crippen LogP contribution in [-0.2, 0) is 0 Å². The molecular formula is C16H12N2O2. The summed E-state index contributed by atoms with van der Waals surface area (Å²) in [6.45, 7) is 0. The average Bonchev–Trinajstić information content (AvgIpc) is 2.94. The fraction of sp³-hybridized carbons (Fsp3) is 0. The molecule has 0 unspecified atom stereocenters. The molecule has 0 saturated carbocycles. The van der Waals surface area contributed by atoms with Gasteiger partial charge >= 0.3 is 0 Å². The van der Waals surface area contributed by atoms with Gasteiger partial charge in [-0.3, -0.25) is 0 Å². The summed E-state index contributed by atoms with van der Waals surface area (Å²) < 4.78 is 0. The van der Waals surface area contributed by atoms with E-state index in [1.165, 1.54) is 0 Å². The largest absolute Gasteiger partial charge is 0.494 e. The molecule has 4 aromatic rings. The Kier molecular flexibility index (Phi) is 2.09. The molecule has 0 amide bonds. The quantitative estimate of drug-likeness (QED) is 0.423. The monoisotopic (exact) mass is 264 g/mol. The highest BCUT2D eigenvalue weighted by Gasteiger charge is 2.20. The first-order valence-electron chi connectivity index (χ1n) is 6.35. The zero-order chi connectivity index (χ0) is 13.7. The third kappa shape index (κ3) is 1.36. The summed E-state index contributed by atoms with van der Waals surface area (Å²) in [4.78, 5) is 5.88. The zero-order valence-electron chi connectivity index (χ0n) is 10.5. The van der Waals surface area contributed by atoms with E-state index in [0.717, 1.165) is 21.8 Å². The third-order valence-corrected chi connectivity index (χ3v) is 3.62. The molecule has 0 aliphatic rings. The van der Waals surface area contributed by atoms with E-state index in [1.807, 2.05) is 48.5 Å². The van der Waals surface area contributed by atoms with E-state index in [2.05, 4.69) is 9.97 Å². The van der Waals surface area contributed by atoms with Gasteiger partial charge in [-0.2, -0.15) is 0 Å². The van der Waals surface area contributed by atoms with Crippen molar-refractivity contribution in [2.45, 2.75) is 0 Å². The van der Waals surface area contributed by atoms with Crippen LogP contribution < -0.4 is 0 Å². The maximum atomic E-state index is 10.2. The molecule has 0 spiro atoms. The minimum Gasteiger partial charge on any atom is -0.494 e. The molecule has 20 heavy (non-hydrogen) atoms. The normalized spacial score (nSPS) is 11.4. The van der Waals surface area contributed by atoms with Crippen molar-refractivity contribution in [2.75, 3.05) is 0 Å². The molecule has 0 saturated heterocycles. The second-order valence-corrected chi connectivity index (χ2v) is 4.79. The molecule has 0 aliphatic carbocycles. The van der Waals surface area contributed by atoms with Gasteiger partial charge in [-0.05, 0) is 12.1 Å². The van der Waals surface area contributed by atoms with Crippen LogP contribution >= 0.6 is 0 Å². The van der Waals surface area contributed by atoms with E-state index in [-0.39, 0.29) is 11.8 Å². The van der Waals surface area contributed by atoms with Crippen LogP contribution in [0.25, 0.3) is 32.9 Å². The van der Waals surface area contributed by atoms with Crippen LogP contribution in [0.3, 0.4) is 0 Å². The highest BCUT2D eigenvalue weighted by molar-refractivity contribution is 6.09. The smallest absolute Gasteiger partial charge is 0.197 e. The first kappa shape index (κ1) is 11.0. The van der Waals surface area contributed by atoms with Gasteiger partial charge in [0.05, 0.1) is 11.1 Å². The number of benzene rings is 2. The molecule has 4 N–H and O–H groups in total. The SMILES string of the molecule is Oc1[nH]c2ccccc2c1-c1c(O)[nH]c2ccccc12. The van der Waals surface area contributed by atoms with Crippen molar-refractivity contribution in [3.63, 3.8) is 0 Å². The van der Waals surface area contributed by atoms with Gasteiger partial charge in [-0.25, -0.2) is 0 Å². The van der Waals surface area contributed by atoms with Crippen LogP contribution in [0.4, 0.5) is 0 Å². The Hall–Kier alpha value is -2.88. The lowest BCUT2D eigenvalue weighted by Crippen LogP contribution is -1.75. The molecule has 4 nitrogen and oxygen atoms in total. The van der Waals surface area contributed by atoms with Gasteiger partial charge in [-0.1, -0.05) is 36.4 Å². The second-order valence-electron chi connectivity index (χ2n) is 4.79. The van der Waals surface area contributed by atoms with E-state index in [4.69, 9.17) is 0 Å². The van der Waals surface area contributed by atoms with E-state index < -0.39 is 0 Å². The van der Waals surface area contributed by atoms with Gasteiger partial charge in [0, 0.05) is 21.8 Å². The molecule has 4 heteroatoms. The van der Waals surface area contributed by atoms with Gasteiger partial charge < -0.3 is 20.2 Å². The van der Waals surface area contributed by atoms with Gasteiger partial charge in [0.2, 0.25) is 0 Å². The summed E-state index contributed by atoms with van der Waals surface area (Å²) in [6.07, 6.45) is 0. The van der Waals surface area contributed by atoms with Crippen molar-refractivity contribution >= 4 is 21.8 Å². The minimum atomic E-state index is 0.0613. The van der Waals surface area contributed by atoms with Gasteiger partial charge in [0.25, 0.3) is 0 Å². The minimum absolute atomic E-state index is 0.0613. The topological polar surface area (TPSA) is 72.0 Å². The number of aromatic hydroxyl groups is 2. The van der Waals surface area contributed by atoms with E-state index in [0.29, 0.717) is 11.1 Å². The Morgan fingerprint density at radius 2 is 1.00 bits per heavy atom. The highest BCUT2D eigenvalue weighted by atomic mass is 16.3. The summed E-state index contributed by atoms with van der Waals surface area (Å²) in [6, 6.07) is 15.2. The molecule has 0 aliphatic heterocycles. The van der Waals surface area contributed by atoms with Crippen molar-refractivity contribution in [1.29, 1.82) is 0 Å². The molecule has 4 rings (SSSR count). The molecule has 2 aromatic carbocycles. The molecule has 0 radical (unpaired) electrons. The van der Waals surface area contributed by atoms with E-state index >= 15 is 0 Å². The third-order valence-electron chi connectivity index (χ3n) is 3.62. The number of hydrogen-bond acceptors (Lipinski definition) is 2. The maximum Gasteiger partial charge on any atom is 0.197 e. The molecule has 98 valence electrons. The summed E-state index contributed by atoms with van der Waals surface area (Å²) in [5, 5.41) is 22.2. The Labute approximate surface area is 114 Å². The summed E-state index contributed by atoms with van der Waals surface area (Å²) >= 11 is 0. The number of para-hydroxylation sites is 2. The maximum absolute atomic E-state index is 10.2. The van der Waals surface area contributed by atoms with Gasteiger partial charge in [0.15, 0.2) is 11.8 Å². The summed E-state index contributed by atoms with van der Waals surface area (Å²) in [5.74, 6) is 0.123. The predicted molar refractivity (Wildman–Crippen MR) is 78.9 cm³/mol. The lowest BCUT2D eigenvalue weighted by atomic mass is 10.0. The molecule has 2 heterocycles. The number of rotatable bonds is 1. The van der Waals surface area contributed by atoms with Crippen molar-refractivity contribution < 1.29 is 10.2 Å². The molecular weight excluding hydrogens is 252 g/mol. The molecule has 0 bridgehead atoms. The van der Waals surface area contributed by atoms with Gasteiger partial charge in [0.1, 0.15) is 0 Å². The number of H-pyrrole nitrogens is 2. The van der Waals surface area contributed by atoms with Crippen molar-refractivity contribution in [1.82, 2.24) is 9.97 Å². The summed E-state index contributed by atoms with van der Waals surface area (Å²) in [5.41, 5.74) is 2.92. The number of nitrogens with one attached hydrogen (secondary N) is 2. The molecule has 0 atom stereocenters. The van der Waals surface area contributed by atoms with Crippen LogP contribution in [0.2, 0.25) is 0 Å². The molecule has 2 aromatic heterocycles. The van der Waals surface area contributed by atoms with Crippen molar-refractivity contribution in [2.24, 2.45) is 0 Å². The van der Waals surface area contributed by atoms with Crippen LogP contribution in [0, 0.1) is 0 Å². The Morgan fingerprint density at radius 1 is 0.600 bits per heavy atom. The highest BCUT2D eigenvalue weighted by Crippen LogP contribution is 2.44. The Bertz CT molecular complexity index is 856. The van der Waals surface area contributed by atoms with Crippen molar-refractivity contribution in [3.05, 3.63) is 48.5 Å². The zero-order valence-corrected chi connectivity index (χ0v) is 10.5. The van der Waals surface area contributed by atoms with E-state index in [1.54, 1.807) is 0 Å². The Balaban J connectivity index is 2.16. The number of aromatic amines is 2. The standard InChI is InChI=1S/C16H12N2O2/c19-15-13(9-5-1-3-7-11(9)17-15)14-10-6-2-4-8-12(10)18-16(14)20/h1-8,17-20H. The van der Waals surface area contributed by atoms with Crippen molar-refractivity contribution in [3.8, 4) is 22.9 Å². The first-order chi connectivity index (χ1) is 9.75.